The second-order valence-electron chi connectivity index (χ2n) is 7.48. The fourth-order valence-corrected chi connectivity index (χ4v) is 4.68. The number of methoxy groups -OCH3 is 1. The quantitative estimate of drug-likeness (QED) is 0.501. The zero-order valence-corrected chi connectivity index (χ0v) is 18.0. The average molecular weight is 437 g/mol. The van der Waals surface area contributed by atoms with E-state index in [0.717, 1.165) is 38.8 Å². The highest BCUT2D eigenvalue weighted by atomic mass is 32.1. The van der Waals surface area contributed by atoms with E-state index in [9.17, 15) is 4.39 Å². The van der Waals surface area contributed by atoms with Gasteiger partial charge in [-0.2, -0.15) is 5.10 Å². The Morgan fingerprint density at radius 2 is 2.03 bits per heavy atom. The van der Waals surface area contributed by atoms with E-state index in [4.69, 9.17) is 9.72 Å². The molecule has 1 atom stereocenters. The van der Waals surface area contributed by atoms with E-state index in [1.165, 1.54) is 11.3 Å². The first-order chi connectivity index (χ1) is 15.1. The molecule has 3 aromatic heterocycles. The largest absolute Gasteiger partial charge is 0.497 e. The molecule has 158 valence electrons. The van der Waals surface area contributed by atoms with Crippen LogP contribution in [0.5, 0.6) is 5.75 Å². The number of aromatic nitrogens is 5. The molecule has 0 bridgehead atoms. The predicted octanol–water partition coefficient (Wildman–Crippen LogP) is 4.34. The third kappa shape index (κ3) is 4.13. The third-order valence-electron chi connectivity index (χ3n) is 5.13. The standard InChI is InChI=1S/C22H21FN6OS/c1-13-7-8-24-21(25-13)27-22-26-20-17-12-29(11-14-3-5-16(30-2)6-4-14)28-18(17)9-15(23)10-19(20)31-22/h3-8,12,15H,9-11H2,1-2H3,(H,24,25,26,27). The van der Waals surface area contributed by atoms with Crippen LogP contribution in [0, 0.1) is 6.92 Å². The van der Waals surface area contributed by atoms with Gasteiger partial charge in [0.05, 0.1) is 25.0 Å². The minimum atomic E-state index is -0.993. The summed E-state index contributed by atoms with van der Waals surface area (Å²) in [6, 6.07) is 9.68. The van der Waals surface area contributed by atoms with Gasteiger partial charge in [-0.25, -0.2) is 19.3 Å². The minimum absolute atomic E-state index is 0.289. The van der Waals surface area contributed by atoms with Crippen molar-refractivity contribution in [3.05, 3.63) is 64.6 Å². The van der Waals surface area contributed by atoms with E-state index in [1.54, 1.807) is 13.3 Å². The normalized spacial score (nSPS) is 15.1. The number of thiazole rings is 1. The van der Waals surface area contributed by atoms with Crippen LogP contribution in [0.15, 0.2) is 42.7 Å². The van der Waals surface area contributed by atoms with Crippen LogP contribution in [-0.4, -0.2) is 38.0 Å². The number of ether oxygens (including phenoxy) is 1. The molecule has 0 fully saturated rings. The summed E-state index contributed by atoms with van der Waals surface area (Å²) in [5, 5.41) is 8.47. The van der Waals surface area contributed by atoms with Crippen molar-refractivity contribution < 1.29 is 9.13 Å². The maximum Gasteiger partial charge on any atom is 0.229 e. The molecule has 0 spiro atoms. The van der Waals surface area contributed by atoms with Crippen molar-refractivity contribution in [2.24, 2.45) is 0 Å². The molecule has 0 amide bonds. The van der Waals surface area contributed by atoms with Gasteiger partial charge in [0.15, 0.2) is 5.13 Å². The maximum atomic E-state index is 14.7. The molecule has 0 saturated heterocycles. The Morgan fingerprint density at radius 1 is 1.19 bits per heavy atom. The van der Waals surface area contributed by atoms with Crippen LogP contribution in [0.2, 0.25) is 0 Å². The SMILES string of the molecule is COc1ccc(Cn2cc3c(n2)CC(F)Cc2sc(Nc4nccc(C)n4)nc2-3)cc1. The lowest BCUT2D eigenvalue weighted by molar-refractivity contribution is 0.330. The Hall–Kier alpha value is -3.33. The molecule has 0 radical (unpaired) electrons. The summed E-state index contributed by atoms with van der Waals surface area (Å²) in [7, 11) is 1.65. The van der Waals surface area contributed by atoms with Gasteiger partial charge in [-0.1, -0.05) is 12.1 Å². The van der Waals surface area contributed by atoms with Crippen LogP contribution in [0.3, 0.4) is 0 Å². The second-order valence-corrected chi connectivity index (χ2v) is 8.56. The monoisotopic (exact) mass is 436 g/mol. The Kier molecular flexibility index (Phi) is 5.11. The summed E-state index contributed by atoms with van der Waals surface area (Å²) < 4.78 is 21.7. The molecule has 4 aromatic rings. The number of hydrogen-bond donors (Lipinski definition) is 1. The van der Waals surface area contributed by atoms with Gasteiger partial charge in [0, 0.05) is 41.4 Å². The van der Waals surface area contributed by atoms with E-state index < -0.39 is 6.17 Å². The van der Waals surface area contributed by atoms with Crippen LogP contribution in [-0.2, 0) is 19.4 Å². The lowest BCUT2D eigenvalue weighted by Gasteiger charge is -2.05. The first-order valence-electron chi connectivity index (χ1n) is 9.97. The second kappa shape index (κ2) is 8.07. The van der Waals surface area contributed by atoms with Crippen molar-refractivity contribution in [2.45, 2.75) is 32.5 Å². The van der Waals surface area contributed by atoms with Gasteiger partial charge in [0.2, 0.25) is 5.95 Å². The molecule has 1 aliphatic rings. The van der Waals surface area contributed by atoms with Crippen molar-refractivity contribution in [3.8, 4) is 17.0 Å². The van der Waals surface area contributed by atoms with Gasteiger partial charge < -0.3 is 10.1 Å². The van der Waals surface area contributed by atoms with E-state index in [-0.39, 0.29) is 6.42 Å². The Bertz CT molecular complexity index is 1220. The molecular formula is C22H21FN6OS. The summed E-state index contributed by atoms with van der Waals surface area (Å²) in [5.41, 5.74) is 4.37. The maximum absolute atomic E-state index is 14.7. The summed E-state index contributed by atoms with van der Waals surface area (Å²) in [4.78, 5) is 14.2. The first-order valence-corrected chi connectivity index (χ1v) is 10.8. The number of hydrogen-bond acceptors (Lipinski definition) is 7. The van der Waals surface area contributed by atoms with E-state index >= 15 is 0 Å². The zero-order valence-electron chi connectivity index (χ0n) is 17.2. The molecule has 5 rings (SSSR count). The summed E-state index contributed by atoms with van der Waals surface area (Å²) in [6.07, 6.45) is 3.29. The Morgan fingerprint density at radius 3 is 2.81 bits per heavy atom. The van der Waals surface area contributed by atoms with E-state index in [2.05, 4.69) is 20.4 Å². The number of rotatable bonds is 5. The Balaban J connectivity index is 1.45. The van der Waals surface area contributed by atoms with Crippen LogP contribution >= 0.6 is 11.3 Å². The number of nitrogens with zero attached hydrogens (tertiary/aromatic N) is 5. The van der Waals surface area contributed by atoms with Gasteiger partial charge in [-0.05, 0) is 30.7 Å². The average Bonchev–Trinajstić information content (AvgIpc) is 3.29. The number of nitrogens with one attached hydrogen (secondary N) is 1. The lowest BCUT2D eigenvalue weighted by atomic mass is 10.1. The van der Waals surface area contributed by atoms with E-state index in [1.807, 2.05) is 48.1 Å². The molecule has 31 heavy (non-hydrogen) atoms. The van der Waals surface area contributed by atoms with Gasteiger partial charge in [-0.3, -0.25) is 4.68 Å². The first kappa shape index (κ1) is 19.6. The number of aryl methyl sites for hydroxylation is 1. The number of benzene rings is 1. The Labute approximate surface area is 183 Å². The summed E-state index contributed by atoms with van der Waals surface area (Å²) in [5.74, 6) is 1.29. The molecule has 3 heterocycles. The van der Waals surface area contributed by atoms with Crippen LogP contribution < -0.4 is 10.1 Å². The fourth-order valence-electron chi connectivity index (χ4n) is 3.65. The molecular weight excluding hydrogens is 415 g/mol. The molecule has 0 saturated carbocycles. The highest BCUT2D eigenvalue weighted by molar-refractivity contribution is 7.16. The molecule has 7 nitrogen and oxygen atoms in total. The lowest BCUT2D eigenvalue weighted by Crippen LogP contribution is -2.08. The van der Waals surface area contributed by atoms with Crippen molar-refractivity contribution >= 4 is 22.4 Å². The number of alkyl halides is 1. The number of anilines is 2. The van der Waals surface area contributed by atoms with Crippen LogP contribution in [0.25, 0.3) is 11.3 Å². The molecule has 1 aliphatic carbocycles. The van der Waals surface area contributed by atoms with Gasteiger partial charge >= 0.3 is 0 Å². The van der Waals surface area contributed by atoms with E-state index in [0.29, 0.717) is 24.0 Å². The molecule has 1 aromatic carbocycles. The van der Waals surface area contributed by atoms with Gasteiger partial charge in [-0.15, -0.1) is 11.3 Å². The number of halogens is 1. The smallest absolute Gasteiger partial charge is 0.229 e. The highest BCUT2D eigenvalue weighted by Crippen LogP contribution is 2.38. The van der Waals surface area contributed by atoms with Gasteiger partial charge in [0.25, 0.3) is 0 Å². The molecule has 1 N–H and O–H groups in total. The molecule has 0 aliphatic heterocycles. The topological polar surface area (TPSA) is 77.8 Å². The summed E-state index contributed by atoms with van der Waals surface area (Å²) >= 11 is 1.44. The highest BCUT2D eigenvalue weighted by Gasteiger charge is 2.27. The fraction of sp³-hybridized carbons (Fsp3) is 0.273. The van der Waals surface area contributed by atoms with Crippen molar-refractivity contribution in [2.75, 3.05) is 12.4 Å². The summed E-state index contributed by atoms with van der Waals surface area (Å²) in [6.45, 7) is 2.50. The molecule has 1 unspecified atom stereocenters. The predicted molar refractivity (Wildman–Crippen MR) is 118 cm³/mol. The minimum Gasteiger partial charge on any atom is -0.497 e. The molecule has 9 heteroatoms. The van der Waals surface area contributed by atoms with Crippen molar-refractivity contribution in [1.82, 2.24) is 24.7 Å². The number of fused-ring (bicyclic) bond motifs is 3. The van der Waals surface area contributed by atoms with Crippen LogP contribution in [0.1, 0.15) is 21.8 Å². The van der Waals surface area contributed by atoms with Gasteiger partial charge in [0.1, 0.15) is 11.9 Å². The van der Waals surface area contributed by atoms with Crippen molar-refractivity contribution in [3.63, 3.8) is 0 Å². The van der Waals surface area contributed by atoms with Crippen LogP contribution in [0.4, 0.5) is 15.5 Å². The van der Waals surface area contributed by atoms with Crippen molar-refractivity contribution in [1.29, 1.82) is 0 Å². The third-order valence-corrected chi connectivity index (χ3v) is 6.12. The zero-order chi connectivity index (χ0) is 21.4.